The van der Waals surface area contributed by atoms with Crippen LogP contribution >= 0.6 is 39.1 Å². The van der Waals surface area contributed by atoms with Crippen LogP contribution in [0.1, 0.15) is 49.2 Å². The summed E-state index contributed by atoms with van der Waals surface area (Å²) in [7, 11) is 0. The Labute approximate surface area is 192 Å². The van der Waals surface area contributed by atoms with Gasteiger partial charge in [-0.15, -0.1) is 10.2 Å². The molecule has 1 saturated carbocycles. The zero-order valence-electron chi connectivity index (χ0n) is 16.3. The largest absolute Gasteiger partial charge is 0.419 e. The zero-order valence-corrected chi connectivity index (χ0v) is 19.4. The maximum Gasteiger partial charge on any atom is 0.268 e. The van der Waals surface area contributed by atoms with Gasteiger partial charge < -0.3 is 8.98 Å². The van der Waals surface area contributed by atoms with Crippen molar-refractivity contribution < 1.29 is 4.42 Å². The average Bonchev–Trinajstić information content (AvgIpc) is 3.26. The number of benzene rings is 1. The molecule has 1 unspecified atom stereocenters. The highest BCUT2D eigenvalue weighted by molar-refractivity contribution is 9.11. The third kappa shape index (κ3) is 3.55. The van der Waals surface area contributed by atoms with Crippen LogP contribution in [-0.4, -0.2) is 19.7 Å². The Morgan fingerprint density at radius 1 is 1.20 bits per heavy atom. The molecule has 8 heteroatoms. The van der Waals surface area contributed by atoms with Crippen LogP contribution in [0.5, 0.6) is 0 Å². The summed E-state index contributed by atoms with van der Waals surface area (Å²) in [6, 6.07) is 5.56. The molecule has 0 radical (unpaired) electrons. The Morgan fingerprint density at radius 2 is 2.03 bits per heavy atom. The van der Waals surface area contributed by atoms with Gasteiger partial charge in [-0.05, 0) is 44.4 Å². The van der Waals surface area contributed by atoms with Crippen molar-refractivity contribution in [1.82, 2.24) is 19.7 Å². The lowest BCUT2D eigenvalue weighted by Gasteiger charge is -2.21. The number of halogens is 3. The summed E-state index contributed by atoms with van der Waals surface area (Å²) in [4.78, 5) is 4.92. The van der Waals surface area contributed by atoms with E-state index in [0.717, 1.165) is 40.8 Å². The smallest absolute Gasteiger partial charge is 0.268 e. The predicted octanol–water partition coefficient (Wildman–Crippen LogP) is 7.26. The van der Waals surface area contributed by atoms with Crippen molar-refractivity contribution in [3.05, 3.63) is 62.5 Å². The van der Waals surface area contributed by atoms with Gasteiger partial charge in [-0.25, -0.2) is 4.98 Å². The topological polar surface area (TPSA) is 56.7 Å². The van der Waals surface area contributed by atoms with Gasteiger partial charge in [-0.1, -0.05) is 63.8 Å². The number of hydrogen-bond donors (Lipinski definition) is 0. The van der Waals surface area contributed by atoms with Gasteiger partial charge in [0, 0.05) is 26.7 Å². The van der Waals surface area contributed by atoms with Gasteiger partial charge in [0.1, 0.15) is 11.5 Å². The van der Waals surface area contributed by atoms with Gasteiger partial charge in [0.05, 0.1) is 11.1 Å². The van der Waals surface area contributed by atoms with Gasteiger partial charge in [-0.3, -0.25) is 0 Å². The Balaban J connectivity index is 1.64. The third-order valence-electron chi connectivity index (χ3n) is 5.78. The fourth-order valence-corrected chi connectivity index (χ4v) is 4.74. The normalized spacial score (nSPS) is 19.1. The first-order valence-corrected chi connectivity index (χ1v) is 11.5. The number of rotatable bonds is 4. The van der Waals surface area contributed by atoms with Crippen LogP contribution < -0.4 is 0 Å². The summed E-state index contributed by atoms with van der Waals surface area (Å²) in [5.41, 5.74) is 2.47. The molecule has 154 valence electrons. The molecular formula is C22H19BrCl2N4O. The van der Waals surface area contributed by atoms with Crippen LogP contribution in [0.25, 0.3) is 23.0 Å². The molecule has 1 aromatic carbocycles. The van der Waals surface area contributed by atoms with Crippen LogP contribution in [0.2, 0.25) is 10.0 Å². The van der Waals surface area contributed by atoms with Crippen molar-refractivity contribution in [1.29, 1.82) is 0 Å². The first-order valence-electron chi connectivity index (χ1n) is 9.93. The molecule has 0 saturated heterocycles. The fraction of sp³-hybridized carbons (Fsp3) is 0.318. The van der Waals surface area contributed by atoms with Crippen molar-refractivity contribution in [3.63, 3.8) is 0 Å². The van der Waals surface area contributed by atoms with Crippen LogP contribution in [-0.2, 0) is 0 Å². The Morgan fingerprint density at radius 3 is 2.70 bits per heavy atom. The first-order chi connectivity index (χ1) is 14.5. The van der Waals surface area contributed by atoms with E-state index in [4.69, 9.17) is 32.6 Å². The van der Waals surface area contributed by atoms with Crippen LogP contribution in [0.15, 0.2) is 45.3 Å². The second-order valence-corrected chi connectivity index (χ2v) is 9.45. The minimum Gasteiger partial charge on any atom is -0.419 e. The minimum atomic E-state index is 0.100. The van der Waals surface area contributed by atoms with E-state index in [-0.39, 0.29) is 6.04 Å². The predicted molar refractivity (Wildman–Crippen MR) is 122 cm³/mol. The molecule has 0 amide bonds. The van der Waals surface area contributed by atoms with Crippen molar-refractivity contribution in [3.8, 4) is 23.0 Å². The van der Waals surface area contributed by atoms with E-state index in [9.17, 15) is 0 Å². The Bertz CT molecular complexity index is 1180. The highest BCUT2D eigenvalue weighted by Gasteiger charge is 2.29. The number of nitrogens with zero attached hydrogens (tertiary/aromatic N) is 4. The lowest BCUT2D eigenvalue weighted by atomic mass is 9.85. The lowest BCUT2D eigenvalue weighted by Crippen LogP contribution is -2.11. The maximum atomic E-state index is 6.55. The van der Waals surface area contributed by atoms with Crippen molar-refractivity contribution in [2.24, 2.45) is 0 Å². The van der Waals surface area contributed by atoms with E-state index in [1.165, 1.54) is 6.42 Å². The standard InChI is InChI=1S/C22H19BrCl2N4O/c1-12-19(22-28-27-21(30-22)13-3-2-4-13)26-20(17-10-7-15(24)11-18(17)25)29(12)16-8-5-14(23)6-9-16/h5-8,10-11,13,16H,2-4,9H2,1H3. The van der Waals surface area contributed by atoms with E-state index < -0.39 is 0 Å². The molecule has 2 aliphatic rings. The quantitative estimate of drug-likeness (QED) is 0.374. The Kier molecular flexibility index (Phi) is 5.33. The van der Waals surface area contributed by atoms with Gasteiger partial charge in [0.2, 0.25) is 5.89 Å². The van der Waals surface area contributed by atoms with E-state index >= 15 is 0 Å². The molecule has 1 atom stereocenters. The highest BCUT2D eigenvalue weighted by Crippen LogP contribution is 2.40. The van der Waals surface area contributed by atoms with E-state index in [0.29, 0.717) is 33.4 Å². The van der Waals surface area contributed by atoms with Gasteiger partial charge in [0.25, 0.3) is 5.89 Å². The van der Waals surface area contributed by atoms with E-state index in [1.807, 2.05) is 19.1 Å². The number of allylic oxidation sites excluding steroid dienone is 4. The van der Waals surface area contributed by atoms with Crippen LogP contribution in [0, 0.1) is 6.92 Å². The van der Waals surface area contributed by atoms with Crippen molar-refractivity contribution in [2.75, 3.05) is 0 Å². The summed E-state index contributed by atoms with van der Waals surface area (Å²) in [6.45, 7) is 2.03. The van der Waals surface area contributed by atoms with E-state index in [1.54, 1.807) is 6.07 Å². The summed E-state index contributed by atoms with van der Waals surface area (Å²) >= 11 is 16.2. The molecule has 3 aromatic rings. The second-order valence-electron chi connectivity index (χ2n) is 7.69. The molecule has 2 aromatic heterocycles. The molecular weight excluding hydrogens is 487 g/mol. The molecule has 0 N–H and O–H groups in total. The van der Waals surface area contributed by atoms with Gasteiger partial charge >= 0.3 is 0 Å². The first kappa shape index (κ1) is 20.0. The molecule has 1 fully saturated rings. The number of aromatic nitrogens is 4. The molecule has 0 bridgehead atoms. The molecule has 0 spiro atoms. The molecule has 0 aliphatic heterocycles. The third-order valence-corrected chi connectivity index (χ3v) is 6.92. The molecule has 30 heavy (non-hydrogen) atoms. The van der Waals surface area contributed by atoms with Gasteiger partial charge in [-0.2, -0.15) is 0 Å². The second kappa shape index (κ2) is 7.98. The summed E-state index contributed by atoms with van der Waals surface area (Å²) < 4.78 is 9.28. The zero-order chi connectivity index (χ0) is 20.8. The van der Waals surface area contributed by atoms with Gasteiger partial charge in [0.15, 0.2) is 0 Å². The fourth-order valence-electron chi connectivity index (χ4n) is 3.91. The average molecular weight is 506 g/mol. The molecule has 2 aliphatic carbocycles. The molecule has 5 nitrogen and oxygen atoms in total. The van der Waals surface area contributed by atoms with Crippen molar-refractivity contribution in [2.45, 2.75) is 44.6 Å². The number of hydrogen-bond acceptors (Lipinski definition) is 4. The summed E-state index contributed by atoms with van der Waals surface area (Å²) in [6.07, 6.45) is 10.6. The number of imidazole rings is 1. The highest BCUT2D eigenvalue weighted by atomic mass is 79.9. The Hall–Kier alpha value is -1.89. The summed E-state index contributed by atoms with van der Waals surface area (Å²) in [5, 5.41) is 9.73. The monoisotopic (exact) mass is 504 g/mol. The van der Waals surface area contributed by atoms with E-state index in [2.05, 4.69) is 48.9 Å². The SMILES string of the molecule is Cc1c(-c2nnc(C3CCC3)o2)nc(-c2ccc(Cl)cc2Cl)n1C1C=CC(Br)=CC1. The molecule has 5 rings (SSSR count). The lowest BCUT2D eigenvalue weighted by molar-refractivity contribution is 0.338. The maximum absolute atomic E-state index is 6.55. The van der Waals surface area contributed by atoms with Crippen LogP contribution in [0.4, 0.5) is 0 Å². The molecule has 2 heterocycles. The summed E-state index contributed by atoms with van der Waals surface area (Å²) in [5.74, 6) is 2.30. The van der Waals surface area contributed by atoms with Crippen LogP contribution in [0.3, 0.4) is 0 Å². The minimum absolute atomic E-state index is 0.100. The van der Waals surface area contributed by atoms with Crippen molar-refractivity contribution >= 4 is 39.1 Å².